The Morgan fingerprint density at radius 1 is 0.629 bits per heavy atom. The highest BCUT2D eigenvalue weighted by Gasteiger charge is 2.22. The maximum Gasteiger partial charge on any atom is 0.338 e. The van der Waals surface area contributed by atoms with Crippen LogP contribution in [-0.4, -0.2) is 113 Å². The van der Waals surface area contributed by atoms with Crippen LogP contribution in [0.15, 0.2) is 24.3 Å². The molecule has 0 heterocycles. The predicted molar refractivity (Wildman–Crippen MR) is 249 cm³/mol. The number of aliphatic hydroxyl groups is 1. The summed E-state index contributed by atoms with van der Waals surface area (Å²) in [6, 6.07) is 2.97. The molecule has 0 amide bonds. The molecule has 0 bridgehead atoms. The number of allylic oxidation sites excluding steroid dienone is 1. The van der Waals surface area contributed by atoms with Gasteiger partial charge in [-0.25, -0.2) is 4.79 Å². The van der Waals surface area contributed by atoms with E-state index in [0.29, 0.717) is 58.2 Å². The van der Waals surface area contributed by atoms with Crippen LogP contribution in [0.25, 0.3) is 0 Å². The minimum Gasteiger partial charge on any atom is -0.493 e. The number of esters is 3. The molecular weight excluding hydrogens is 789 g/mol. The summed E-state index contributed by atoms with van der Waals surface area (Å²) in [4.78, 5) is 42.7. The summed E-state index contributed by atoms with van der Waals surface area (Å²) in [5, 5.41) is 11.0. The van der Waals surface area contributed by atoms with E-state index in [0.717, 1.165) is 45.1 Å². The molecule has 1 aromatic carbocycles. The number of aliphatic hydroxyl groups excluding tert-OH is 1. The van der Waals surface area contributed by atoms with E-state index in [2.05, 4.69) is 31.7 Å². The van der Waals surface area contributed by atoms with Gasteiger partial charge >= 0.3 is 17.9 Å². The van der Waals surface area contributed by atoms with E-state index in [1.807, 2.05) is 25.1 Å². The molecule has 12 nitrogen and oxygen atoms in total. The molecule has 0 aliphatic heterocycles. The fraction of sp³-hybridized carbons (Fsp3) is 0.780. The summed E-state index contributed by atoms with van der Waals surface area (Å²) >= 11 is 0. The average molecular weight is 877 g/mol. The zero-order chi connectivity index (χ0) is 45.6. The molecule has 0 spiro atoms. The van der Waals surface area contributed by atoms with E-state index in [1.165, 1.54) is 97.0 Å². The second-order valence-electron chi connectivity index (χ2n) is 16.8. The topological polar surface area (TPSA) is 133 Å². The number of carbonyl (C=O) groups excluding carboxylic acids is 3. The molecule has 1 rings (SSSR count). The van der Waals surface area contributed by atoms with Gasteiger partial charge in [0.15, 0.2) is 17.8 Å². The third-order valence-electron chi connectivity index (χ3n) is 10.9. The summed E-state index contributed by atoms with van der Waals surface area (Å²) < 4.78 is 33.9. The van der Waals surface area contributed by atoms with Crippen LogP contribution in [0.2, 0.25) is 0 Å². The first-order chi connectivity index (χ1) is 30.1. The molecule has 0 saturated carbocycles. The molecule has 0 aliphatic carbocycles. The van der Waals surface area contributed by atoms with Crippen LogP contribution in [0.4, 0.5) is 0 Å². The fourth-order valence-corrected chi connectivity index (χ4v) is 7.22. The third-order valence-corrected chi connectivity index (χ3v) is 10.9. The largest absolute Gasteiger partial charge is 0.493 e. The first-order valence-corrected chi connectivity index (χ1v) is 24.2. The molecule has 0 saturated heterocycles. The number of hydrogen-bond donors (Lipinski definition) is 1. The normalized spacial score (nSPS) is 12.1. The summed E-state index contributed by atoms with van der Waals surface area (Å²) in [6.45, 7) is 9.91. The number of nitrogens with zero attached hydrogens (tertiary/aromatic N) is 2. The van der Waals surface area contributed by atoms with Crippen molar-refractivity contribution in [3.8, 4) is 17.2 Å². The van der Waals surface area contributed by atoms with Crippen molar-refractivity contribution in [1.82, 2.24) is 9.80 Å². The van der Waals surface area contributed by atoms with Gasteiger partial charge in [-0.15, -0.1) is 0 Å². The number of hydrogen-bond acceptors (Lipinski definition) is 12. The summed E-state index contributed by atoms with van der Waals surface area (Å²) in [5.74, 6) is -0.752. The number of carbonyl (C=O) groups is 3. The van der Waals surface area contributed by atoms with E-state index >= 15 is 0 Å². The van der Waals surface area contributed by atoms with Gasteiger partial charge < -0.3 is 43.3 Å². The molecule has 1 atom stereocenters. The van der Waals surface area contributed by atoms with Crippen LogP contribution in [0.5, 0.6) is 17.2 Å². The van der Waals surface area contributed by atoms with Gasteiger partial charge in [-0.3, -0.25) is 9.59 Å². The lowest BCUT2D eigenvalue weighted by molar-refractivity contribution is -0.144. The van der Waals surface area contributed by atoms with Gasteiger partial charge in [-0.1, -0.05) is 116 Å². The monoisotopic (exact) mass is 877 g/mol. The molecule has 12 heteroatoms. The standard InChI is InChI=1S/C50H88N2O10/c1-8-11-14-17-18-21-24-38-59-46(53)31-25-35-52(36-26-32-47(54)61-43(29-22-19-15-12-9-2)30-23-20-16-13-10-3)37-27-33-48(55)62-49-44(57-6)40-42(41-45(49)58-7)50(56)60-39-28-34-51(4)5/h21,24,40-41,43,47,54H,8-20,22-23,25-39H2,1-7H3/b24-21-. The quantitative estimate of drug-likeness (QED) is 0.0221. The Bertz CT molecular complexity index is 1280. The number of unbranched alkanes of at least 4 members (excludes halogenated alkanes) is 12. The Morgan fingerprint density at radius 2 is 1.18 bits per heavy atom. The Balaban J connectivity index is 2.85. The van der Waals surface area contributed by atoms with Crippen molar-refractivity contribution in [3.63, 3.8) is 0 Å². The van der Waals surface area contributed by atoms with Crippen LogP contribution in [-0.2, 0) is 23.8 Å². The van der Waals surface area contributed by atoms with E-state index in [9.17, 15) is 19.5 Å². The highest BCUT2D eigenvalue weighted by atomic mass is 16.6. The summed E-state index contributed by atoms with van der Waals surface area (Å²) in [6.07, 6.45) is 26.6. The summed E-state index contributed by atoms with van der Waals surface area (Å²) in [5.41, 5.74) is 0.230. The number of ether oxygens (including phenoxy) is 6. The van der Waals surface area contributed by atoms with Crippen molar-refractivity contribution < 1.29 is 47.9 Å². The van der Waals surface area contributed by atoms with Crippen molar-refractivity contribution >= 4 is 17.9 Å². The molecule has 0 fully saturated rings. The first-order valence-electron chi connectivity index (χ1n) is 24.2. The second kappa shape index (κ2) is 38.3. The number of benzene rings is 1. The van der Waals surface area contributed by atoms with Crippen molar-refractivity contribution in [2.45, 2.75) is 187 Å². The molecular formula is C50H88N2O10. The number of methoxy groups -OCH3 is 2. The Hall–Kier alpha value is -3.19. The molecule has 1 aromatic rings. The van der Waals surface area contributed by atoms with Crippen LogP contribution in [0, 0.1) is 0 Å². The van der Waals surface area contributed by atoms with Crippen LogP contribution >= 0.6 is 0 Å². The van der Waals surface area contributed by atoms with Gasteiger partial charge in [0.05, 0.1) is 32.5 Å². The predicted octanol–water partition coefficient (Wildman–Crippen LogP) is 10.9. The van der Waals surface area contributed by atoms with Gasteiger partial charge in [-0.2, -0.15) is 0 Å². The lowest BCUT2D eigenvalue weighted by atomic mass is 10.0. The highest BCUT2D eigenvalue weighted by molar-refractivity contribution is 5.91. The molecule has 358 valence electrons. The van der Waals surface area contributed by atoms with Crippen molar-refractivity contribution in [1.29, 1.82) is 0 Å². The van der Waals surface area contributed by atoms with Gasteiger partial charge in [0.2, 0.25) is 5.75 Å². The van der Waals surface area contributed by atoms with Crippen LogP contribution in [0.1, 0.15) is 185 Å². The van der Waals surface area contributed by atoms with E-state index in [1.54, 1.807) is 0 Å². The Labute approximate surface area is 376 Å². The maximum atomic E-state index is 13.2. The van der Waals surface area contributed by atoms with E-state index in [4.69, 9.17) is 28.4 Å². The van der Waals surface area contributed by atoms with Crippen molar-refractivity contribution in [3.05, 3.63) is 29.8 Å². The lowest BCUT2D eigenvalue weighted by Crippen LogP contribution is -2.30. The maximum absolute atomic E-state index is 13.2. The lowest BCUT2D eigenvalue weighted by Gasteiger charge is -2.25. The molecule has 0 aliphatic rings. The van der Waals surface area contributed by atoms with Gasteiger partial charge in [0.1, 0.15) is 6.61 Å². The van der Waals surface area contributed by atoms with Crippen LogP contribution < -0.4 is 14.2 Å². The number of rotatable bonds is 41. The van der Waals surface area contributed by atoms with Crippen molar-refractivity contribution in [2.24, 2.45) is 0 Å². The molecule has 0 radical (unpaired) electrons. The second-order valence-corrected chi connectivity index (χ2v) is 16.8. The molecule has 1 N–H and O–H groups in total. The highest BCUT2D eigenvalue weighted by Crippen LogP contribution is 2.39. The minimum absolute atomic E-state index is 0.0672. The molecule has 62 heavy (non-hydrogen) atoms. The first kappa shape index (κ1) is 56.8. The minimum atomic E-state index is -0.834. The van der Waals surface area contributed by atoms with Gasteiger partial charge in [-0.05, 0) is 104 Å². The molecule has 1 unspecified atom stereocenters. The SMILES string of the molecule is CCCCCC/C=C\COC(=O)CCCN(CCCC(=O)Oc1c(OC)cc(C(=O)OCCCN(C)C)cc1OC)CCCC(O)OC(CCCCCCC)CCCCCCC. The third kappa shape index (κ3) is 29.2. The van der Waals surface area contributed by atoms with E-state index in [-0.39, 0.29) is 54.5 Å². The van der Waals surface area contributed by atoms with E-state index < -0.39 is 18.2 Å². The zero-order valence-corrected chi connectivity index (χ0v) is 40.2. The van der Waals surface area contributed by atoms with Crippen LogP contribution in [0.3, 0.4) is 0 Å². The Kier molecular flexibility index (Phi) is 35.1. The van der Waals surface area contributed by atoms with Gasteiger partial charge in [0, 0.05) is 19.4 Å². The summed E-state index contributed by atoms with van der Waals surface area (Å²) in [7, 11) is 6.78. The van der Waals surface area contributed by atoms with Gasteiger partial charge in [0.25, 0.3) is 0 Å². The molecule has 0 aromatic heterocycles. The zero-order valence-electron chi connectivity index (χ0n) is 40.2. The Morgan fingerprint density at radius 3 is 1.74 bits per heavy atom. The fourth-order valence-electron chi connectivity index (χ4n) is 7.22. The van der Waals surface area contributed by atoms with Crippen molar-refractivity contribution in [2.75, 3.05) is 67.7 Å². The smallest absolute Gasteiger partial charge is 0.338 e. The average Bonchev–Trinajstić information content (AvgIpc) is 3.25.